The Morgan fingerprint density at radius 1 is 1.47 bits per heavy atom. The molecule has 0 aliphatic carbocycles. The Kier molecular flexibility index (Phi) is 8.02. The van der Waals surface area contributed by atoms with Crippen molar-refractivity contribution < 1.29 is 9.90 Å². The van der Waals surface area contributed by atoms with Gasteiger partial charge >= 0.3 is 0 Å². The van der Waals surface area contributed by atoms with Crippen LogP contribution in [0.1, 0.15) is 29.8 Å². The van der Waals surface area contributed by atoms with Gasteiger partial charge in [0.25, 0.3) is 5.91 Å². The molecule has 0 spiro atoms. The van der Waals surface area contributed by atoms with Crippen molar-refractivity contribution in [3.05, 3.63) is 34.3 Å². The van der Waals surface area contributed by atoms with E-state index in [4.69, 9.17) is 22.4 Å². The van der Waals surface area contributed by atoms with Crippen molar-refractivity contribution in [1.82, 2.24) is 5.32 Å². The molecule has 0 aliphatic heterocycles. The topological polar surface area (TPSA) is 75.4 Å². The molecule has 1 aromatic carbocycles. The van der Waals surface area contributed by atoms with Crippen LogP contribution in [0.4, 0.5) is 0 Å². The van der Waals surface area contributed by atoms with Crippen LogP contribution < -0.4 is 11.1 Å². The molecule has 108 valence electrons. The Bertz CT molecular complexity index is 425. The molecule has 6 heteroatoms. The third-order valence-electron chi connectivity index (χ3n) is 2.45. The highest BCUT2D eigenvalue weighted by molar-refractivity contribution is 6.31. The average molecular weight is 307 g/mol. The number of aliphatic hydroxyl groups excluding tert-OH is 1. The Labute approximate surface area is 124 Å². The lowest BCUT2D eigenvalue weighted by atomic mass is 10.00. The van der Waals surface area contributed by atoms with E-state index in [1.165, 1.54) is 0 Å². The molecule has 0 saturated carbocycles. The van der Waals surface area contributed by atoms with Gasteiger partial charge in [0.15, 0.2) is 0 Å². The summed E-state index contributed by atoms with van der Waals surface area (Å²) in [7, 11) is 0. The number of hydrogen-bond acceptors (Lipinski definition) is 3. The van der Waals surface area contributed by atoms with Gasteiger partial charge in [-0.15, -0.1) is 12.4 Å². The lowest BCUT2D eigenvalue weighted by Crippen LogP contribution is -2.32. The highest BCUT2D eigenvalue weighted by Gasteiger charge is 2.14. The second-order valence-electron chi connectivity index (χ2n) is 4.58. The first-order chi connectivity index (χ1) is 8.43. The van der Waals surface area contributed by atoms with E-state index in [0.29, 0.717) is 17.0 Å². The molecule has 0 fully saturated rings. The minimum atomic E-state index is -0.378. The van der Waals surface area contributed by atoms with Gasteiger partial charge < -0.3 is 16.2 Å². The van der Waals surface area contributed by atoms with Gasteiger partial charge in [-0.25, -0.2) is 0 Å². The predicted octanol–water partition coefficient (Wildman–Crippen LogP) is 1.76. The second kappa shape index (κ2) is 8.38. The summed E-state index contributed by atoms with van der Waals surface area (Å²) in [5.41, 5.74) is 7.00. The van der Waals surface area contributed by atoms with E-state index in [1.54, 1.807) is 18.2 Å². The minimum absolute atomic E-state index is 0. The quantitative estimate of drug-likeness (QED) is 0.776. The standard InChI is InChI=1S/C13H19ClN2O2.ClH/c1-8(2)16-13(18)12-6-10(14)4-3-9(12)5-11(15)7-17;/h3-4,6,8,11,17H,5,7,15H2,1-2H3,(H,16,18);1H/t11-;/m0./s1. The molecule has 1 rings (SSSR count). The fourth-order valence-electron chi connectivity index (χ4n) is 1.63. The number of rotatable bonds is 5. The summed E-state index contributed by atoms with van der Waals surface area (Å²) in [6.07, 6.45) is 0.439. The maximum atomic E-state index is 12.0. The number of nitrogens with one attached hydrogen (secondary N) is 1. The SMILES string of the molecule is CC(C)NC(=O)c1cc(Cl)ccc1C[C@H](N)CO.Cl. The summed E-state index contributed by atoms with van der Waals surface area (Å²) in [6.45, 7) is 3.66. The minimum Gasteiger partial charge on any atom is -0.395 e. The van der Waals surface area contributed by atoms with Crippen LogP contribution in [0, 0.1) is 0 Å². The molecular formula is C13H20Cl2N2O2. The van der Waals surface area contributed by atoms with E-state index in [1.807, 2.05) is 13.8 Å². The largest absolute Gasteiger partial charge is 0.395 e. The first-order valence-electron chi connectivity index (χ1n) is 5.89. The van der Waals surface area contributed by atoms with Crippen LogP contribution in [0.2, 0.25) is 5.02 Å². The zero-order valence-corrected chi connectivity index (χ0v) is 12.6. The number of halogens is 2. The number of hydrogen-bond donors (Lipinski definition) is 3. The van der Waals surface area contributed by atoms with Gasteiger partial charge in [0, 0.05) is 22.7 Å². The molecule has 0 heterocycles. The Hall–Kier alpha value is -0.810. The zero-order valence-electron chi connectivity index (χ0n) is 11.0. The molecule has 4 nitrogen and oxygen atoms in total. The summed E-state index contributed by atoms with van der Waals surface area (Å²) in [5.74, 6) is -0.173. The molecule has 4 N–H and O–H groups in total. The summed E-state index contributed by atoms with van der Waals surface area (Å²) in [4.78, 5) is 12.0. The third kappa shape index (κ3) is 5.78. The lowest BCUT2D eigenvalue weighted by molar-refractivity contribution is 0.0942. The van der Waals surface area contributed by atoms with Crippen LogP contribution in [0.15, 0.2) is 18.2 Å². The van der Waals surface area contributed by atoms with Gasteiger partial charge in [-0.05, 0) is 38.0 Å². The molecule has 1 aromatic rings. The van der Waals surface area contributed by atoms with Gasteiger partial charge in [-0.2, -0.15) is 0 Å². The molecule has 1 amide bonds. The molecule has 19 heavy (non-hydrogen) atoms. The normalized spacial score (nSPS) is 11.9. The number of benzene rings is 1. The fourth-order valence-corrected chi connectivity index (χ4v) is 1.80. The molecule has 0 aromatic heterocycles. The van der Waals surface area contributed by atoms with Crippen molar-refractivity contribution in [2.24, 2.45) is 5.73 Å². The van der Waals surface area contributed by atoms with E-state index < -0.39 is 0 Å². The first kappa shape index (κ1) is 18.2. The lowest BCUT2D eigenvalue weighted by Gasteiger charge is -2.15. The Morgan fingerprint density at radius 3 is 2.63 bits per heavy atom. The number of aliphatic hydroxyl groups is 1. The van der Waals surface area contributed by atoms with Crippen LogP contribution in [0.3, 0.4) is 0 Å². The molecule has 0 bridgehead atoms. The van der Waals surface area contributed by atoms with E-state index in [-0.39, 0.29) is 37.0 Å². The van der Waals surface area contributed by atoms with Crippen molar-refractivity contribution >= 4 is 29.9 Å². The van der Waals surface area contributed by atoms with Crippen LogP contribution in [-0.2, 0) is 6.42 Å². The molecule has 0 unspecified atom stereocenters. The molecular weight excluding hydrogens is 287 g/mol. The van der Waals surface area contributed by atoms with Gasteiger partial charge in [0.2, 0.25) is 0 Å². The van der Waals surface area contributed by atoms with Crippen LogP contribution in [0.25, 0.3) is 0 Å². The van der Waals surface area contributed by atoms with E-state index in [9.17, 15) is 4.79 Å². The average Bonchev–Trinajstić information content (AvgIpc) is 2.30. The number of amides is 1. The highest BCUT2D eigenvalue weighted by atomic mass is 35.5. The molecule has 0 aliphatic rings. The maximum absolute atomic E-state index is 12.0. The zero-order chi connectivity index (χ0) is 13.7. The number of nitrogens with two attached hydrogens (primary N) is 1. The van der Waals surface area contributed by atoms with Crippen LogP contribution in [-0.4, -0.2) is 29.7 Å². The van der Waals surface area contributed by atoms with Gasteiger partial charge in [-0.3, -0.25) is 4.79 Å². The van der Waals surface area contributed by atoms with Crippen LogP contribution >= 0.6 is 24.0 Å². The van der Waals surface area contributed by atoms with Crippen molar-refractivity contribution in [3.63, 3.8) is 0 Å². The fraction of sp³-hybridized carbons (Fsp3) is 0.462. The van der Waals surface area contributed by atoms with Crippen molar-refractivity contribution in [2.45, 2.75) is 32.4 Å². The molecule has 0 radical (unpaired) electrons. The van der Waals surface area contributed by atoms with Gasteiger partial charge in [0.05, 0.1) is 6.61 Å². The second-order valence-corrected chi connectivity index (χ2v) is 5.01. The summed E-state index contributed by atoms with van der Waals surface area (Å²) in [6, 6.07) is 4.78. The highest BCUT2D eigenvalue weighted by Crippen LogP contribution is 2.17. The molecule has 0 saturated heterocycles. The van der Waals surface area contributed by atoms with Crippen molar-refractivity contribution in [2.75, 3.05) is 6.61 Å². The van der Waals surface area contributed by atoms with E-state index in [2.05, 4.69) is 5.32 Å². The van der Waals surface area contributed by atoms with Crippen LogP contribution in [0.5, 0.6) is 0 Å². The Balaban J connectivity index is 0.00000324. The Morgan fingerprint density at radius 2 is 2.11 bits per heavy atom. The number of carbonyl (C=O) groups excluding carboxylic acids is 1. The van der Waals surface area contributed by atoms with Gasteiger partial charge in [-0.1, -0.05) is 17.7 Å². The predicted molar refractivity (Wildman–Crippen MR) is 80.1 cm³/mol. The van der Waals surface area contributed by atoms with Crippen molar-refractivity contribution in [3.8, 4) is 0 Å². The van der Waals surface area contributed by atoms with Crippen molar-refractivity contribution in [1.29, 1.82) is 0 Å². The van der Waals surface area contributed by atoms with E-state index in [0.717, 1.165) is 5.56 Å². The monoisotopic (exact) mass is 306 g/mol. The molecule has 1 atom stereocenters. The number of carbonyl (C=O) groups is 1. The van der Waals surface area contributed by atoms with Gasteiger partial charge in [0.1, 0.15) is 0 Å². The third-order valence-corrected chi connectivity index (χ3v) is 2.69. The van der Waals surface area contributed by atoms with E-state index >= 15 is 0 Å². The smallest absolute Gasteiger partial charge is 0.251 e. The summed E-state index contributed by atoms with van der Waals surface area (Å²) in [5, 5.41) is 12.3. The summed E-state index contributed by atoms with van der Waals surface area (Å²) < 4.78 is 0. The maximum Gasteiger partial charge on any atom is 0.251 e. The first-order valence-corrected chi connectivity index (χ1v) is 6.27. The summed E-state index contributed by atoms with van der Waals surface area (Å²) >= 11 is 5.91.